The van der Waals surface area contributed by atoms with Crippen LogP contribution in [0, 0.1) is 0 Å². The second-order valence-electron chi connectivity index (χ2n) is 4.45. The molecule has 0 aliphatic heterocycles. The molecule has 96 valence electrons. The zero-order chi connectivity index (χ0) is 12.6. The van der Waals surface area contributed by atoms with Crippen molar-refractivity contribution >= 4 is 5.91 Å². The Morgan fingerprint density at radius 2 is 2.00 bits per heavy atom. The summed E-state index contributed by atoms with van der Waals surface area (Å²) in [5.41, 5.74) is 5.86. The molecule has 0 bridgehead atoms. The third kappa shape index (κ3) is 5.47. The molecule has 1 atom stereocenters. The fourth-order valence-corrected chi connectivity index (χ4v) is 1.62. The minimum absolute atomic E-state index is 0.0110. The second kappa shape index (κ2) is 8.53. The van der Waals surface area contributed by atoms with Crippen LogP contribution in [0.25, 0.3) is 0 Å². The number of carbonyl (C=O) groups is 1. The number of hydrogen-bond donors (Lipinski definition) is 2. The van der Waals surface area contributed by atoms with E-state index in [1.54, 1.807) is 4.90 Å². The zero-order valence-corrected chi connectivity index (χ0v) is 10.8. The maximum absolute atomic E-state index is 12.0. The standard InChI is InChI=1S/C12H26N2O2/c1-4-5-7-11(13)12(16)14(10(2)3)8-6-9-15/h10-11,15H,4-9,13H2,1-3H3/t11-/m0/s1. The van der Waals surface area contributed by atoms with Crippen LogP contribution < -0.4 is 5.73 Å². The zero-order valence-electron chi connectivity index (χ0n) is 10.8. The summed E-state index contributed by atoms with van der Waals surface area (Å²) < 4.78 is 0. The van der Waals surface area contributed by atoms with Gasteiger partial charge in [0, 0.05) is 19.2 Å². The van der Waals surface area contributed by atoms with E-state index < -0.39 is 0 Å². The molecule has 16 heavy (non-hydrogen) atoms. The molecule has 3 N–H and O–H groups in total. The fourth-order valence-electron chi connectivity index (χ4n) is 1.62. The highest BCUT2D eigenvalue weighted by molar-refractivity contribution is 5.81. The first-order valence-corrected chi connectivity index (χ1v) is 6.21. The summed E-state index contributed by atoms with van der Waals surface area (Å²) in [6.07, 6.45) is 3.40. The van der Waals surface area contributed by atoms with Crippen LogP contribution in [0.3, 0.4) is 0 Å². The van der Waals surface area contributed by atoms with Crippen molar-refractivity contribution in [1.29, 1.82) is 0 Å². The minimum Gasteiger partial charge on any atom is -0.396 e. The lowest BCUT2D eigenvalue weighted by molar-refractivity contribution is -0.134. The summed E-state index contributed by atoms with van der Waals surface area (Å²) in [5, 5.41) is 8.79. The van der Waals surface area contributed by atoms with Crippen LogP contribution in [-0.4, -0.2) is 41.1 Å². The highest BCUT2D eigenvalue weighted by atomic mass is 16.3. The lowest BCUT2D eigenvalue weighted by Crippen LogP contribution is -2.47. The molecule has 0 aromatic heterocycles. The quantitative estimate of drug-likeness (QED) is 0.656. The topological polar surface area (TPSA) is 66.6 Å². The Hall–Kier alpha value is -0.610. The third-order valence-corrected chi connectivity index (χ3v) is 2.65. The first-order valence-electron chi connectivity index (χ1n) is 6.21. The normalized spacial score (nSPS) is 12.9. The van der Waals surface area contributed by atoms with Crippen LogP contribution in [0.4, 0.5) is 0 Å². The molecule has 1 amide bonds. The van der Waals surface area contributed by atoms with Crippen molar-refractivity contribution in [3.8, 4) is 0 Å². The molecule has 0 fully saturated rings. The molecule has 0 aromatic carbocycles. The molecule has 0 radical (unpaired) electrons. The van der Waals surface area contributed by atoms with E-state index >= 15 is 0 Å². The van der Waals surface area contributed by atoms with E-state index in [-0.39, 0.29) is 24.6 Å². The van der Waals surface area contributed by atoms with Crippen molar-refractivity contribution in [1.82, 2.24) is 4.90 Å². The summed E-state index contributed by atoms with van der Waals surface area (Å²) >= 11 is 0. The number of nitrogens with zero attached hydrogens (tertiary/aromatic N) is 1. The lowest BCUT2D eigenvalue weighted by Gasteiger charge is -2.29. The molecular formula is C12H26N2O2. The van der Waals surface area contributed by atoms with E-state index in [1.807, 2.05) is 13.8 Å². The van der Waals surface area contributed by atoms with Gasteiger partial charge in [-0.25, -0.2) is 0 Å². The smallest absolute Gasteiger partial charge is 0.239 e. The van der Waals surface area contributed by atoms with E-state index in [0.29, 0.717) is 13.0 Å². The minimum atomic E-state index is -0.388. The highest BCUT2D eigenvalue weighted by Crippen LogP contribution is 2.07. The maximum Gasteiger partial charge on any atom is 0.239 e. The Morgan fingerprint density at radius 3 is 2.44 bits per heavy atom. The number of nitrogens with two attached hydrogens (primary N) is 1. The van der Waals surface area contributed by atoms with Crippen LogP contribution >= 0.6 is 0 Å². The number of amides is 1. The van der Waals surface area contributed by atoms with E-state index in [0.717, 1.165) is 19.3 Å². The molecule has 0 saturated carbocycles. The number of unbranched alkanes of at least 4 members (excludes halogenated alkanes) is 1. The molecule has 0 saturated heterocycles. The summed E-state index contributed by atoms with van der Waals surface area (Å²) in [4.78, 5) is 13.8. The van der Waals surface area contributed by atoms with Crippen molar-refractivity contribution in [3.05, 3.63) is 0 Å². The molecule has 0 spiro atoms. The Kier molecular flexibility index (Phi) is 8.21. The van der Waals surface area contributed by atoms with Crippen LogP contribution in [0.5, 0.6) is 0 Å². The summed E-state index contributed by atoms with van der Waals surface area (Å²) in [6.45, 7) is 6.74. The van der Waals surface area contributed by atoms with Gasteiger partial charge in [0.15, 0.2) is 0 Å². The van der Waals surface area contributed by atoms with E-state index in [4.69, 9.17) is 10.8 Å². The van der Waals surface area contributed by atoms with E-state index in [2.05, 4.69) is 6.92 Å². The van der Waals surface area contributed by atoms with E-state index in [9.17, 15) is 4.79 Å². The molecule has 0 heterocycles. The summed E-state index contributed by atoms with van der Waals surface area (Å²) in [5.74, 6) is 0.0110. The molecule has 0 aliphatic carbocycles. The number of aliphatic hydroxyl groups excluding tert-OH is 1. The Labute approximate surface area is 98.8 Å². The van der Waals surface area contributed by atoms with Gasteiger partial charge in [0.25, 0.3) is 0 Å². The fraction of sp³-hybridized carbons (Fsp3) is 0.917. The molecule has 0 rings (SSSR count). The summed E-state index contributed by atoms with van der Waals surface area (Å²) in [6, 6.07) is -0.243. The molecule has 4 nitrogen and oxygen atoms in total. The molecule has 0 aliphatic rings. The van der Waals surface area contributed by atoms with Gasteiger partial charge < -0.3 is 15.7 Å². The first kappa shape index (κ1) is 15.4. The number of rotatable bonds is 8. The van der Waals surface area contributed by atoms with Crippen LogP contribution in [0.15, 0.2) is 0 Å². The summed E-state index contributed by atoms with van der Waals surface area (Å²) in [7, 11) is 0. The predicted molar refractivity (Wildman–Crippen MR) is 66.1 cm³/mol. The SMILES string of the molecule is CCCC[C@H](N)C(=O)N(CCCO)C(C)C. The first-order chi connectivity index (χ1) is 7.54. The van der Waals surface area contributed by atoms with Crippen molar-refractivity contribution in [2.24, 2.45) is 5.73 Å². The average Bonchev–Trinajstić information content (AvgIpc) is 2.25. The second-order valence-corrected chi connectivity index (χ2v) is 4.45. The lowest BCUT2D eigenvalue weighted by atomic mass is 10.1. The Bertz CT molecular complexity index is 195. The number of aliphatic hydroxyl groups is 1. The monoisotopic (exact) mass is 230 g/mol. The van der Waals surface area contributed by atoms with Crippen molar-refractivity contribution in [2.75, 3.05) is 13.2 Å². The average molecular weight is 230 g/mol. The molecular weight excluding hydrogens is 204 g/mol. The molecule has 0 aromatic rings. The van der Waals surface area contributed by atoms with Gasteiger partial charge in [0.05, 0.1) is 6.04 Å². The van der Waals surface area contributed by atoms with Gasteiger partial charge in [-0.1, -0.05) is 19.8 Å². The predicted octanol–water partition coefficient (Wildman–Crippen LogP) is 1.12. The van der Waals surface area contributed by atoms with Crippen molar-refractivity contribution < 1.29 is 9.90 Å². The Morgan fingerprint density at radius 1 is 1.38 bits per heavy atom. The van der Waals surface area contributed by atoms with Gasteiger partial charge in [-0.05, 0) is 26.7 Å². The van der Waals surface area contributed by atoms with Crippen molar-refractivity contribution in [3.63, 3.8) is 0 Å². The Balaban J connectivity index is 4.24. The van der Waals surface area contributed by atoms with Crippen LogP contribution in [0.1, 0.15) is 46.5 Å². The number of carbonyl (C=O) groups excluding carboxylic acids is 1. The van der Waals surface area contributed by atoms with Crippen molar-refractivity contribution in [2.45, 2.75) is 58.5 Å². The molecule has 4 heteroatoms. The van der Waals surface area contributed by atoms with Gasteiger partial charge in [-0.2, -0.15) is 0 Å². The largest absolute Gasteiger partial charge is 0.396 e. The highest BCUT2D eigenvalue weighted by Gasteiger charge is 2.22. The molecule has 0 unspecified atom stereocenters. The third-order valence-electron chi connectivity index (χ3n) is 2.65. The van der Waals surface area contributed by atoms with Gasteiger partial charge in [0.1, 0.15) is 0 Å². The van der Waals surface area contributed by atoms with Gasteiger partial charge in [0.2, 0.25) is 5.91 Å². The van der Waals surface area contributed by atoms with Gasteiger partial charge >= 0.3 is 0 Å². The van der Waals surface area contributed by atoms with E-state index in [1.165, 1.54) is 0 Å². The van der Waals surface area contributed by atoms with Crippen LogP contribution in [-0.2, 0) is 4.79 Å². The maximum atomic E-state index is 12.0. The number of hydrogen-bond acceptors (Lipinski definition) is 3. The van der Waals surface area contributed by atoms with Gasteiger partial charge in [-0.15, -0.1) is 0 Å². The van der Waals surface area contributed by atoms with Crippen LogP contribution in [0.2, 0.25) is 0 Å². The van der Waals surface area contributed by atoms with Gasteiger partial charge in [-0.3, -0.25) is 4.79 Å².